The largest absolute Gasteiger partial charge is 0.478 e. The molecule has 0 spiro atoms. The van der Waals surface area contributed by atoms with E-state index in [-0.39, 0.29) is 6.04 Å². The summed E-state index contributed by atoms with van der Waals surface area (Å²) < 4.78 is 0. The molecule has 2 aromatic rings. The maximum Gasteiger partial charge on any atom is 0.335 e. The predicted molar refractivity (Wildman–Crippen MR) is 103 cm³/mol. The number of carboxylic acids is 1. The molecule has 3 nitrogen and oxygen atoms in total. The molecule has 2 N–H and O–H groups in total. The zero-order chi connectivity index (χ0) is 18.0. The van der Waals surface area contributed by atoms with E-state index in [0.29, 0.717) is 39.3 Å². The van der Waals surface area contributed by atoms with Crippen molar-refractivity contribution in [1.82, 2.24) is 0 Å². The number of benzene rings is 2. The fraction of sp³-hybridized carbons (Fsp3) is 0.381. The Kier molecular flexibility index (Phi) is 3.74. The van der Waals surface area contributed by atoms with E-state index in [0.717, 1.165) is 16.8 Å². The zero-order valence-electron chi connectivity index (χ0n) is 14.1. The SMILES string of the molecule is O=C(O)c1ccc2c(c1)[C@@H]1[C@H]3CC[C@@H](C3)[C@@H]1[C@@H](c1c(Cl)cccc1Cl)N2. The number of hydrogen-bond donors (Lipinski definition) is 2. The third-order valence-corrected chi connectivity index (χ3v) is 7.30. The lowest BCUT2D eigenvalue weighted by Gasteiger charge is -2.44. The molecule has 26 heavy (non-hydrogen) atoms. The van der Waals surface area contributed by atoms with Crippen LogP contribution in [0.15, 0.2) is 36.4 Å². The van der Waals surface area contributed by atoms with E-state index >= 15 is 0 Å². The van der Waals surface area contributed by atoms with Crippen molar-refractivity contribution in [2.24, 2.45) is 17.8 Å². The van der Waals surface area contributed by atoms with Crippen LogP contribution in [0.3, 0.4) is 0 Å². The van der Waals surface area contributed by atoms with Crippen molar-refractivity contribution in [3.63, 3.8) is 0 Å². The first-order chi connectivity index (χ1) is 12.5. The molecule has 0 aromatic heterocycles. The van der Waals surface area contributed by atoms with Gasteiger partial charge in [0, 0.05) is 21.3 Å². The molecule has 2 aromatic carbocycles. The second kappa shape index (κ2) is 5.90. The zero-order valence-corrected chi connectivity index (χ0v) is 15.6. The Morgan fingerprint density at radius 1 is 1.08 bits per heavy atom. The third-order valence-electron chi connectivity index (χ3n) is 6.64. The number of carboxylic acid groups (broad SMARTS) is 1. The predicted octanol–water partition coefficient (Wildman–Crippen LogP) is 5.99. The summed E-state index contributed by atoms with van der Waals surface area (Å²) in [6, 6.07) is 11.2. The molecular weight excluding hydrogens is 369 g/mol. The fourth-order valence-corrected chi connectivity index (χ4v) is 6.35. The van der Waals surface area contributed by atoms with Crippen molar-refractivity contribution >= 4 is 34.9 Å². The van der Waals surface area contributed by atoms with Crippen LogP contribution in [-0.4, -0.2) is 11.1 Å². The van der Waals surface area contributed by atoms with Crippen LogP contribution in [0.2, 0.25) is 10.0 Å². The van der Waals surface area contributed by atoms with E-state index in [1.165, 1.54) is 19.3 Å². The molecule has 0 unspecified atom stereocenters. The van der Waals surface area contributed by atoms with Gasteiger partial charge >= 0.3 is 5.97 Å². The molecule has 5 atom stereocenters. The standard InChI is InChI=1S/C21H19Cl2NO2/c22-14-2-1-3-15(23)19(14)20-18-11-5-4-10(8-11)17(18)13-9-12(21(25)26)6-7-16(13)24-20/h1-3,6-7,9-11,17-18,20,24H,4-5,8H2,(H,25,26)/t10-,11-,17-,18-,20-/m0/s1. The summed E-state index contributed by atoms with van der Waals surface area (Å²) in [5, 5.41) is 14.5. The minimum absolute atomic E-state index is 0.0691. The van der Waals surface area contributed by atoms with Gasteiger partial charge in [0.15, 0.2) is 0 Å². The summed E-state index contributed by atoms with van der Waals surface area (Å²) in [4.78, 5) is 11.5. The number of nitrogens with one attached hydrogen (secondary N) is 1. The van der Waals surface area contributed by atoms with Crippen molar-refractivity contribution < 1.29 is 9.90 Å². The van der Waals surface area contributed by atoms with Gasteiger partial charge in [-0.1, -0.05) is 29.3 Å². The van der Waals surface area contributed by atoms with Gasteiger partial charge in [-0.2, -0.15) is 0 Å². The van der Waals surface area contributed by atoms with Gasteiger partial charge in [-0.05, 0) is 78.8 Å². The summed E-state index contributed by atoms with van der Waals surface area (Å²) in [7, 11) is 0. The molecule has 0 amide bonds. The molecule has 1 heterocycles. The van der Waals surface area contributed by atoms with Crippen LogP contribution < -0.4 is 5.32 Å². The Morgan fingerprint density at radius 3 is 2.54 bits per heavy atom. The lowest BCUT2D eigenvalue weighted by molar-refractivity contribution is 0.0696. The van der Waals surface area contributed by atoms with Crippen LogP contribution in [0, 0.1) is 17.8 Å². The average molecular weight is 388 g/mol. The summed E-state index contributed by atoms with van der Waals surface area (Å²) in [6.07, 6.45) is 3.68. The highest BCUT2D eigenvalue weighted by molar-refractivity contribution is 6.36. The summed E-state index contributed by atoms with van der Waals surface area (Å²) in [5.74, 6) is 1.17. The fourth-order valence-electron chi connectivity index (χ4n) is 5.72. The quantitative estimate of drug-likeness (QED) is 0.665. The van der Waals surface area contributed by atoms with E-state index in [1.54, 1.807) is 6.07 Å². The number of anilines is 1. The smallest absolute Gasteiger partial charge is 0.335 e. The van der Waals surface area contributed by atoms with Crippen molar-refractivity contribution in [2.45, 2.75) is 31.2 Å². The van der Waals surface area contributed by atoms with Crippen LogP contribution >= 0.6 is 23.2 Å². The Hall–Kier alpha value is -1.71. The number of hydrogen-bond acceptors (Lipinski definition) is 2. The van der Waals surface area contributed by atoms with Gasteiger partial charge in [-0.25, -0.2) is 4.79 Å². The second-order valence-electron chi connectivity index (χ2n) is 7.80. The van der Waals surface area contributed by atoms with Crippen molar-refractivity contribution in [2.75, 3.05) is 5.32 Å². The van der Waals surface area contributed by atoms with E-state index in [1.807, 2.05) is 30.3 Å². The van der Waals surface area contributed by atoms with E-state index in [4.69, 9.17) is 23.2 Å². The highest BCUT2D eigenvalue weighted by atomic mass is 35.5. The summed E-state index contributed by atoms with van der Waals surface area (Å²) >= 11 is 13.1. The molecule has 2 saturated carbocycles. The van der Waals surface area contributed by atoms with Crippen molar-refractivity contribution in [3.05, 3.63) is 63.1 Å². The lowest BCUT2D eigenvalue weighted by Crippen LogP contribution is -2.36. The average Bonchev–Trinajstić information content (AvgIpc) is 3.23. The van der Waals surface area contributed by atoms with Gasteiger partial charge in [0.25, 0.3) is 0 Å². The molecule has 3 aliphatic rings. The minimum Gasteiger partial charge on any atom is -0.478 e. The maximum atomic E-state index is 11.5. The van der Waals surface area contributed by atoms with Crippen molar-refractivity contribution in [3.8, 4) is 0 Å². The van der Waals surface area contributed by atoms with Gasteiger partial charge in [0.05, 0.1) is 11.6 Å². The first-order valence-corrected chi connectivity index (χ1v) is 9.88. The van der Waals surface area contributed by atoms with Crippen LogP contribution in [0.1, 0.15) is 52.7 Å². The second-order valence-corrected chi connectivity index (χ2v) is 8.62. The molecule has 2 fully saturated rings. The molecule has 2 aliphatic carbocycles. The van der Waals surface area contributed by atoms with Crippen LogP contribution in [0.25, 0.3) is 0 Å². The minimum atomic E-state index is -0.872. The van der Waals surface area contributed by atoms with E-state index in [9.17, 15) is 9.90 Å². The van der Waals surface area contributed by atoms with Gasteiger partial charge in [0.1, 0.15) is 0 Å². The molecule has 5 heteroatoms. The number of aromatic carboxylic acids is 1. The lowest BCUT2D eigenvalue weighted by atomic mass is 9.68. The Balaban J connectivity index is 1.67. The molecule has 134 valence electrons. The highest BCUT2D eigenvalue weighted by Crippen LogP contribution is 2.64. The maximum absolute atomic E-state index is 11.5. The molecule has 1 aliphatic heterocycles. The van der Waals surface area contributed by atoms with Crippen LogP contribution in [-0.2, 0) is 0 Å². The van der Waals surface area contributed by atoms with Crippen LogP contribution in [0.4, 0.5) is 5.69 Å². The number of fused-ring (bicyclic) bond motifs is 7. The molecule has 0 radical (unpaired) electrons. The van der Waals surface area contributed by atoms with Gasteiger partial charge in [-0.3, -0.25) is 0 Å². The van der Waals surface area contributed by atoms with Gasteiger partial charge in [0.2, 0.25) is 0 Å². The molecular formula is C21H19Cl2NO2. The number of rotatable bonds is 2. The first kappa shape index (κ1) is 16.5. The van der Waals surface area contributed by atoms with Crippen molar-refractivity contribution in [1.29, 1.82) is 0 Å². The number of carbonyl (C=O) groups is 1. The van der Waals surface area contributed by atoms with Gasteiger partial charge < -0.3 is 10.4 Å². The monoisotopic (exact) mass is 387 g/mol. The highest BCUT2D eigenvalue weighted by Gasteiger charge is 2.54. The van der Waals surface area contributed by atoms with E-state index < -0.39 is 5.97 Å². The molecule has 0 saturated heterocycles. The Bertz CT molecular complexity index is 893. The van der Waals surface area contributed by atoms with Gasteiger partial charge in [-0.15, -0.1) is 0 Å². The summed E-state index contributed by atoms with van der Waals surface area (Å²) in [5.41, 5.74) is 3.51. The molecule has 2 bridgehead atoms. The third kappa shape index (κ3) is 2.30. The van der Waals surface area contributed by atoms with E-state index in [2.05, 4.69) is 5.32 Å². The topological polar surface area (TPSA) is 49.3 Å². The van der Waals surface area contributed by atoms with Crippen LogP contribution in [0.5, 0.6) is 0 Å². The normalized spacial score (nSPS) is 31.2. The Labute approximate surface area is 162 Å². The first-order valence-electron chi connectivity index (χ1n) is 9.12. The number of halogens is 2. The Morgan fingerprint density at radius 2 is 1.81 bits per heavy atom. The molecule has 5 rings (SSSR count). The summed E-state index contributed by atoms with van der Waals surface area (Å²) in [6.45, 7) is 0.